The van der Waals surface area contributed by atoms with Crippen LogP contribution in [0, 0.1) is 3.57 Å². The molecule has 0 aliphatic rings. The van der Waals surface area contributed by atoms with E-state index in [4.69, 9.17) is 11.6 Å². The molecule has 2 rings (SSSR count). The van der Waals surface area contributed by atoms with Crippen LogP contribution in [0.2, 0.25) is 5.15 Å². The first-order valence-corrected chi connectivity index (χ1v) is 8.40. The van der Waals surface area contributed by atoms with Gasteiger partial charge in [0.05, 0.1) is 14.1 Å². The minimum Gasteiger partial charge on any atom is -0.231 e. The fourth-order valence-electron chi connectivity index (χ4n) is 1.47. The van der Waals surface area contributed by atoms with E-state index in [1.165, 1.54) is 0 Å². The third-order valence-electron chi connectivity index (χ3n) is 2.34. The van der Waals surface area contributed by atoms with Gasteiger partial charge in [-0.15, -0.1) is 11.3 Å². The van der Waals surface area contributed by atoms with Crippen LogP contribution in [-0.4, -0.2) is 9.97 Å². The zero-order valence-electron chi connectivity index (χ0n) is 10.1. The van der Waals surface area contributed by atoms with Crippen LogP contribution in [0.3, 0.4) is 0 Å². The molecular formula is C12H11BrClIN2S. The maximum absolute atomic E-state index is 6.22. The van der Waals surface area contributed by atoms with Crippen molar-refractivity contribution in [2.45, 2.75) is 26.2 Å². The zero-order chi connectivity index (χ0) is 13.5. The highest BCUT2D eigenvalue weighted by molar-refractivity contribution is 14.1. The van der Waals surface area contributed by atoms with Crippen LogP contribution >= 0.6 is 61.5 Å². The van der Waals surface area contributed by atoms with Crippen molar-refractivity contribution in [2.24, 2.45) is 0 Å². The second-order valence-corrected chi connectivity index (χ2v) is 8.06. The van der Waals surface area contributed by atoms with Crippen LogP contribution in [0.5, 0.6) is 0 Å². The Kier molecular flexibility index (Phi) is 4.36. The normalized spacial score (nSPS) is 11.9. The third kappa shape index (κ3) is 2.89. The average Bonchev–Trinajstić information content (AvgIpc) is 2.66. The van der Waals surface area contributed by atoms with Crippen LogP contribution in [0.25, 0.3) is 10.7 Å². The van der Waals surface area contributed by atoms with Gasteiger partial charge in [-0.05, 0) is 50.0 Å². The lowest BCUT2D eigenvalue weighted by atomic mass is 9.92. The molecule has 18 heavy (non-hydrogen) atoms. The first-order chi connectivity index (χ1) is 8.30. The van der Waals surface area contributed by atoms with E-state index in [1.54, 1.807) is 11.3 Å². The summed E-state index contributed by atoms with van der Waals surface area (Å²) in [4.78, 5) is 10.1. The summed E-state index contributed by atoms with van der Waals surface area (Å²) in [6, 6.07) is 1.99. The fraction of sp³-hybridized carbons (Fsp3) is 0.333. The summed E-state index contributed by atoms with van der Waals surface area (Å²) in [7, 11) is 0. The lowest BCUT2D eigenvalue weighted by Gasteiger charge is -2.20. The van der Waals surface area contributed by atoms with Gasteiger partial charge >= 0.3 is 0 Å². The third-order valence-corrected chi connectivity index (χ3v) is 5.79. The molecule has 0 aromatic carbocycles. The Bertz CT molecular complexity index is 592. The molecular weight excluding hydrogens is 446 g/mol. The second-order valence-electron chi connectivity index (χ2n) is 4.85. The van der Waals surface area contributed by atoms with Gasteiger partial charge in [0.25, 0.3) is 0 Å². The van der Waals surface area contributed by atoms with Gasteiger partial charge in [-0.3, -0.25) is 0 Å². The van der Waals surface area contributed by atoms with Gasteiger partial charge in [-0.25, -0.2) is 9.97 Å². The maximum atomic E-state index is 6.22. The van der Waals surface area contributed by atoms with Gasteiger partial charge in [0.1, 0.15) is 5.15 Å². The molecule has 2 aromatic heterocycles. The summed E-state index contributed by atoms with van der Waals surface area (Å²) in [6.07, 6.45) is 0. The van der Waals surface area contributed by atoms with Crippen LogP contribution in [0.1, 0.15) is 26.5 Å². The van der Waals surface area contributed by atoms with Gasteiger partial charge in [-0.1, -0.05) is 32.4 Å². The van der Waals surface area contributed by atoms with E-state index < -0.39 is 0 Å². The van der Waals surface area contributed by atoms with Crippen LogP contribution in [0.4, 0.5) is 0 Å². The van der Waals surface area contributed by atoms with Gasteiger partial charge in [0, 0.05) is 9.89 Å². The molecule has 96 valence electrons. The monoisotopic (exact) mass is 456 g/mol. The Hall–Kier alpha value is 0.280. The Balaban J connectivity index is 2.66. The lowest BCUT2D eigenvalue weighted by molar-refractivity contribution is 0.564. The van der Waals surface area contributed by atoms with E-state index in [-0.39, 0.29) is 5.41 Å². The van der Waals surface area contributed by atoms with E-state index in [9.17, 15) is 0 Å². The highest BCUT2D eigenvalue weighted by Crippen LogP contribution is 2.35. The number of hydrogen-bond donors (Lipinski definition) is 0. The van der Waals surface area contributed by atoms with Crippen molar-refractivity contribution in [3.63, 3.8) is 0 Å². The molecule has 0 fully saturated rings. The highest BCUT2D eigenvalue weighted by atomic mass is 127. The van der Waals surface area contributed by atoms with Gasteiger partial charge in [-0.2, -0.15) is 0 Å². The average molecular weight is 458 g/mol. The molecule has 0 bridgehead atoms. The smallest absolute Gasteiger partial charge is 0.172 e. The molecule has 0 unspecified atom stereocenters. The fourth-order valence-corrected chi connectivity index (χ4v) is 4.17. The minimum atomic E-state index is -0.0540. The SMILES string of the molecule is CC(C)(C)c1nc(-c2sccc2Br)nc(Cl)c1I. The van der Waals surface area contributed by atoms with Crippen molar-refractivity contribution in [3.8, 4) is 10.7 Å². The van der Waals surface area contributed by atoms with Gasteiger partial charge in [0.15, 0.2) is 5.82 Å². The van der Waals surface area contributed by atoms with E-state index in [0.29, 0.717) is 11.0 Å². The summed E-state index contributed by atoms with van der Waals surface area (Å²) in [6.45, 7) is 6.38. The van der Waals surface area contributed by atoms with Crippen LogP contribution < -0.4 is 0 Å². The number of nitrogens with zero attached hydrogens (tertiary/aromatic N) is 2. The zero-order valence-corrected chi connectivity index (χ0v) is 15.4. The Morgan fingerprint density at radius 1 is 1.33 bits per heavy atom. The maximum Gasteiger partial charge on any atom is 0.172 e. The number of rotatable bonds is 1. The van der Waals surface area contributed by atoms with Crippen LogP contribution in [-0.2, 0) is 5.41 Å². The van der Waals surface area contributed by atoms with Crippen molar-refractivity contribution in [3.05, 3.63) is 30.3 Å². The number of hydrogen-bond acceptors (Lipinski definition) is 3. The largest absolute Gasteiger partial charge is 0.231 e. The Morgan fingerprint density at radius 2 is 2.00 bits per heavy atom. The van der Waals surface area contributed by atoms with E-state index in [2.05, 4.69) is 69.3 Å². The molecule has 0 atom stereocenters. The van der Waals surface area contributed by atoms with Crippen molar-refractivity contribution < 1.29 is 0 Å². The minimum absolute atomic E-state index is 0.0540. The molecule has 0 saturated heterocycles. The molecule has 2 heterocycles. The molecule has 2 aromatic rings. The number of thiophene rings is 1. The van der Waals surface area contributed by atoms with E-state index in [1.807, 2.05) is 11.4 Å². The Morgan fingerprint density at radius 3 is 2.50 bits per heavy atom. The number of halogens is 3. The predicted molar refractivity (Wildman–Crippen MR) is 89.5 cm³/mol. The molecule has 2 nitrogen and oxygen atoms in total. The Labute approximate surface area is 137 Å². The van der Waals surface area contributed by atoms with Crippen LogP contribution in [0.15, 0.2) is 15.9 Å². The first kappa shape index (κ1) is 14.7. The standard InChI is InChI=1S/C12H11BrClIN2S/c1-12(2,3)9-7(15)10(14)17-11(16-9)8-6(13)4-5-18-8/h4-5H,1-3H3. The van der Waals surface area contributed by atoms with E-state index in [0.717, 1.165) is 18.6 Å². The molecule has 0 aliphatic carbocycles. The summed E-state index contributed by atoms with van der Waals surface area (Å²) in [5.74, 6) is 0.687. The molecule has 0 saturated carbocycles. The molecule has 0 aliphatic heterocycles. The molecule has 0 radical (unpaired) electrons. The topological polar surface area (TPSA) is 25.8 Å². The second kappa shape index (κ2) is 5.34. The van der Waals surface area contributed by atoms with Gasteiger partial charge < -0.3 is 0 Å². The highest BCUT2D eigenvalue weighted by Gasteiger charge is 2.23. The molecule has 0 amide bonds. The van der Waals surface area contributed by atoms with Crippen molar-refractivity contribution in [1.82, 2.24) is 9.97 Å². The quantitative estimate of drug-likeness (QED) is 0.416. The molecule has 6 heteroatoms. The van der Waals surface area contributed by atoms with E-state index >= 15 is 0 Å². The first-order valence-electron chi connectivity index (χ1n) is 5.27. The summed E-state index contributed by atoms with van der Waals surface area (Å²) >= 11 is 13.5. The van der Waals surface area contributed by atoms with Crippen molar-refractivity contribution in [2.75, 3.05) is 0 Å². The predicted octanol–water partition coefficient (Wildman–Crippen LogP) is 5.52. The summed E-state index contributed by atoms with van der Waals surface area (Å²) in [5.41, 5.74) is 0.931. The lowest BCUT2D eigenvalue weighted by Crippen LogP contribution is -2.17. The van der Waals surface area contributed by atoms with Crippen molar-refractivity contribution >= 4 is 61.5 Å². The number of aromatic nitrogens is 2. The van der Waals surface area contributed by atoms with Crippen molar-refractivity contribution in [1.29, 1.82) is 0 Å². The van der Waals surface area contributed by atoms with Gasteiger partial charge in [0.2, 0.25) is 0 Å². The molecule has 0 N–H and O–H groups in total. The molecule has 0 spiro atoms. The summed E-state index contributed by atoms with van der Waals surface area (Å²) < 4.78 is 1.93. The summed E-state index contributed by atoms with van der Waals surface area (Å²) in [5, 5.41) is 2.52.